The minimum Gasteiger partial charge on any atom is -0.505 e. The van der Waals surface area contributed by atoms with Gasteiger partial charge in [0.15, 0.2) is 11.4 Å². The summed E-state index contributed by atoms with van der Waals surface area (Å²) in [5.74, 6) is -0.712. The van der Waals surface area contributed by atoms with Gasteiger partial charge in [0.1, 0.15) is 5.75 Å². The van der Waals surface area contributed by atoms with Crippen LogP contribution in [0.5, 0.6) is 11.5 Å². The van der Waals surface area contributed by atoms with Crippen molar-refractivity contribution in [1.29, 1.82) is 0 Å². The Labute approximate surface area is 138 Å². The number of aromatic nitrogens is 1. The number of methoxy groups -OCH3 is 1. The second-order valence-corrected chi connectivity index (χ2v) is 4.90. The fourth-order valence-electron chi connectivity index (χ4n) is 2.10. The van der Waals surface area contributed by atoms with Gasteiger partial charge >= 0.3 is 0 Å². The highest BCUT2D eigenvalue weighted by Gasteiger charge is 2.18. The molecule has 8 heteroatoms. The van der Waals surface area contributed by atoms with Crippen molar-refractivity contribution in [3.63, 3.8) is 0 Å². The molecule has 8 nitrogen and oxygen atoms in total. The number of nitrogens with zero attached hydrogens (tertiary/aromatic N) is 1. The van der Waals surface area contributed by atoms with E-state index in [4.69, 9.17) is 14.7 Å². The monoisotopic (exact) mass is 334 g/mol. The summed E-state index contributed by atoms with van der Waals surface area (Å²) in [7, 11) is 1.59. The van der Waals surface area contributed by atoms with Gasteiger partial charge in [-0.15, -0.1) is 0 Å². The van der Waals surface area contributed by atoms with Crippen LogP contribution in [0, 0.1) is 0 Å². The van der Waals surface area contributed by atoms with Gasteiger partial charge < -0.3 is 19.7 Å². The number of carbonyl (C=O) groups is 1. The normalized spacial score (nSPS) is 10.5. The molecule has 0 spiro atoms. The largest absolute Gasteiger partial charge is 0.505 e. The van der Waals surface area contributed by atoms with Crippen LogP contribution in [-0.2, 0) is 24.6 Å². The molecule has 128 valence electrons. The lowest BCUT2D eigenvalue weighted by Gasteiger charge is -2.12. The van der Waals surface area contributed by atoms with E-state index in [9.17, 15) is 15.0 Å². The maximum absolute atomic E-state index is 11.4. The Morgan fingerprint density at radius 2 is 1.96 bits per heavy atom. The number of ether oxygens (including phenoxy) is 2. The number of benzene rings is 1. The molecule has 0 unspecified atom stereocenters. The molecule has 0 aliphatic rings. The van der Waals surface area contributed by atoms with E-state index in [1.54, 1.807) is 7.11 Å². The highest BCUT2D eigenvalue weighted by molar-refractivity contribution is 5.94. The van der Waals surface area contributed by atoms with Gasteiger partial charge in [0.05, 0.1) is 26.9 Å². The number of aromatic hydroxyl groups is 1. The van der Waals surface area contributed by atoms with Crippen molar-refractivity contribution >= 4 is 5.91 Å². The summed E-state index contributed by atoms with van der Waals surface area (Å²) in [6.07, 6.45) is 1.31. The van der Waals surface area contributed by atoms with Crippen LogP contribution in [0.2, 0.25) is 0 Å². The first-order valence-corrected chi connectivity index (χ1v) is 7.06. The Morgan fingerprint density at radius 3 is 2.54 bits per heavy atom. The number of aliphatic hydroxyl groups is 1. The Balaban J connectivity index is 2.06. The number of aliphatic hydroxyl groups excluding tert-OH is 1. The number of rotatable bonds is 7. The smallest absolute Gasteiger partial charge is 0.297 e. The van der Waals surface area contributed by atoms with Crippen LogP contribution in [-0.4, -0.2) is 33.4 Å². The Bertz CT molecular complexity index is 702. The molecule has 0 fully saturated rings. The van der Waals surface area contributed by atoms with Crippen LogP contribution in [0.25, 0.3) is 0 Å². The quantitative estimate of drug-likeness (QED) is 0.442. The third-order valence-electron chi connectivity index (χ3n) is 3.41. The lowest BCUT2D eigenvalue weighted by atomic mass is 10.1. The van der Waals surface area contributed by atoms with Gasteiger partial charge in [-0.05, 0) is 17.7 Å². The summed E-state index contributed by atoms with van der Waals surface area (Å²) in [6.45, 7) is -0.0979. The number of carbonyl (C=O) groups excluding carboxylic acids is 1. The van der Waals surface area contributed by atoms with Gasteiger partial charge in [0, 0.05) is 17.3 Å². The lowest BCUT2D eigenvalue weighted by Crippen LogP contribution is -2.21. The fraction of sp³-hybridized carbons (Fsp3) is 0.250. The van der Waals surface area contributed by atoms with Crippen LogP contribution >= 0.6 is 0 Å². The van der Waals surface area contributed by atoms with E-state index in [-0.39, 0.29) is 17.9 Å². The number of amides is 1. The van der Waals surface area contributed by atoms with Crippen molar-refractivity contribution in [3.8, 4) is 11.5 Å². The third-order valence-corrected chi connectivity index (χ3v) is 3.41. The lowest BCUT2D eigenvalue weighted by molar-refractivity contribution is 0.0696. The molecule has 0 saturated carbocycles. The zero-order valence-corrected chi connectivity index (χ0v) is 13.0. The molecule has 1 heterocycles. The van der Waals surface area contributed by atoms with E-state index in [0.717, 1.165) is 11.3 Å². The number of nitrogens with one attached hydrogen (secondary N) is 1. The number of hydrogen-bond donors (Lipinski definition) is 4. The third kappa shape index (κ3) is 3.99. The average Bonchev–Trinajstić information content (AvgIpc) is 2.62. The average molecular weight is 334 g/mol. The first-order chi connectivity index (χ1) is 11.6. The standard InChI is InChI=1S/C16H18N2O6/c1-23-12-4-2-10(3-5-12)8-24-9-11-6-17-14(16(21)18-22)15(20)13(11)7-19/h2-6,19-20,22H,7-9H2,1H3,(H,18,21). The van der Waals surface area contributed by atoms with Crippen LogP contribution in [0.4, 0.5) is 0 Å². The van der Waals surface area contributed by atoms with Crippen molar-refractivity contribution in [1.82, 2.24) is 10.5 Å². The SMILES string of the molecule is COc1ccc(COCc2cnc(C(=O)NO)c(O)c2CO)cc1. The molecular weight excluding hydrogens is 316 g/mol. The van der Waals surface area contributed by atoms with Gasteiger partial charge in [-0.3, -0.25) is 10.0 Å². The van der Waals surface area contributed by atoms with Crippen molar-refractivity contribution in [3.05, 3.63) is 52.8 Å². The number of pyridine rings is 1. The predicted octanol–water partition coefficient (Wildman–Crippen LogP) is 1.12. The molecule has 0 atom stereocenters. The zero-order chi connectivity index (χ0) is 17.5. The second-order valence-electron chi connectivity index (χ2n) is 4.90. The van der Waals surface area contributed by atoms with E-state index in [2.05, 4.69) is 4.98 Å². The van der Waals surface area contributed by atoms with Crippen molar-refractivity contribution in [2.24, 2.45) is 0 Å². The summed E-state index contributed by atoms with van der Waals surface area (Å²) < 4.78 is 10.6. The van der Waals surface area contributed by atoms with Crippen LogP contribution in [0.15, 0.2) is 30.5 Å². The summed E-state index contributed by atoms with van der Waals surface area (Å²) in [5, 5.41) is 28.0. The maximum atomic E-state index is 11.4. The molecule has 1 aromatic heterocycles. The molecule has 0 radical (unpaired) electrons. The van der Waals surface area contributed by atoms with Crippen LogP contribution in [0.1, 0.15) is 27.2 Å². The van der Waals surface area contributed by atoms with E-state index in [1.165, 1.54) is 11.7 Å². The Morgan fingerprint density at radius 1 is 1.25 bits per heavy atom. The molecule has 4 N–H and O–H groups in total. The minimum atomic E-state index is -0.965. The van der Waals surface area contributed by atoms with Crippen molar-refractivity contribution in [2.45, 2.75) is 19.8 Å². The molecule has 2 rings (SSSR count). The predicted molar refractivity (Wildman–Crippen MR) is 82.6 cm³/mol. The molecular formula is C16H18N2O6. The van der Waals surface area contributed by atoms with Gasteiger partial charge in [0.2, 0.25) is 0 Å². The zero-order valence-electron chi connectivity index (χ0n) is 13.0. The Kier molecular flexibility index (Phi) is 6.07. The van der Waals surface area contributed by atoms with E-state index < -0.39 is 18.3 Å². The number of hydrogen-bond acceptors (Lipinski definition) is 7. The van der Waals surface area contributed by atoms with E-state index in [0.29, 0.717) is 12.2 Å². The molecule has 1 aromatic carbocycles. The summed E-state index contributed by atoms with van der Waals surface area (Å²) in [4.78, 5) is 15.1. The molecule has 24 heavy (non-hydrogen) atoms. The summed E-state index contributed by atoms with van der Waals surface area (Å²) in [6, 6.07) is 7.34. The van der Waals surface area contributed by atoms with Gasteiger partial charge in [-0.1, -0.05) is 12.1 Å². The molecule has 0 aliphatic carbocycles. The van der Waals surface area contributed by atoms with Gasteiger partial charge in [-0.2, -0.15) is 0 Å². The van der Waals surface area contributed by atoms with Gasteiger partial charge in [-0.25, -0.2) is 10.5 Å². The highest BCUT2D eigenvalue weighted by Crippen LogP contribution is 2.25. The van der Waals surface area contributed by atoms with Gasteiger partial charge in [0.25, 0.3) is 5.91 Å². The van der Waals surface area contributed by atoms with Crippen molar-refractivity contribution in [2.75, 3.05) is 7.11 Å². The maximum Gasteiger partial charge on any atom is 0.297 e. The molecule has 0 aliphatic heterocycles. The summed E-state index contributed by atoms with van der Waals surface area (Å²) in [5.41, 5.74) is 2.50. The molecule has 0 bridgehead atoms. The first kappa shape index (κ1) is 17.7. The Hall–Kier alpha value is -2.68. The minimum absolute atomic E-state index is 0.0868. The topological polar surface area (TPSA) is 121 Å². The molecule has 0 saturated heterocycles. The summed E-state index contributed by atoms with van der Waals surface area (Å²) >= 11 is 0. The van der Waals surface area contributed by atoms with E-state index in [1.807, 2.05) is 24.3 Å². The fourth-order valence-corrected chi connectivity index (χ4v) is 2.10. The number of hydroxylamine groups is 1. The van der Waals surface area contributed by atoms with Crippen LogP contribution < -0.4 is 10.2 Å². The molecule has 1 amide bonds. The highest BCUT2D eigenvalue weighted by atomic mass is 16.5. The van der Waals surface area contributed by atoms with E-state index >= 15 is 0 Å². The second kappa shape index (κ2) is 8.25. The van der Waals surface area contributed by atoms with Crippen LogP contribution in [0.3, 0.4) is 0 Å². The van der Waals surface area contributed by atoms with Crippen molar-refractivity contribution < 1.29 is 29.7 Å². The first-order valence-electron chi connectivity index (χ1n) is 7.06. The molecule has 2 aromatic rings.